The molecule has 0 spiro atoms. The second-order valence-corrected chi connectivity index (χ2v) is 11.4. The number of nitrogens with two attached hydrogens (primary N) is 1. The largest absolute Gasteiger partial charge is 0.374 e. The lowest BCUT2D eigenvalue weighted by atomic mass is 10.2. The first kappa shape index (κ1) is 20.9. The highest BCUT2D eigenvalue weighted by molar-refractivity contribution is 7.04. The predicted molar refractivity (Wildman–Crippen MR) is 99.1 cm³/mol. The number of benzene rings is 1. The number of carbonyl (C=O) groups is 2. The number of hydrogen-bond donors (Lipinski definition) is 1. The Hall–Kier alpha value is -2.17. The molecule has 0 bridgehead atoms. The summed E-state index contributed by atoms with van der Waals surface area (Å²) in [4.78, 5) is 25.5. The van der Waals surface area contributed by atoms with E-state index in [9.17, 15) is 9.59 Å². The minimum absolute atomic E-state index is 0.0622. The van der Waals surface area contributed by atoms with Crippen LogP contribution in [0.5, 0.6) is 0 Å². The quantitative estimate of drug-likeness (QED) is 0.372. The summed E-state index contributed by atoms with van der Waals surface area (Å²) in [5.74, 6) is -0.0622. The van der Waals surface area contributed by atoms with Crippen LogP contribution < -0.4 is 5.73 Å². The number of nitrogens with zero attached hydrogens (tertiary/aromatic N) is 2. The summed E-state index contributed by atoms with van der Waals surface area (Å²) in [6, 6.07) is 12.3. The molecule has 1 aromatic rings. The molecule has 0 heterocycles. The molecule has 1 rings (SSSR count). The Morgan fingerprint density at radius 2 is 1.96 bits per heavy atom. The fourth-order valence-electron chi connectivity index (χ4n) is 2.16. The van der Waals surface area contributed by atoms with Gasteiger partial charge in [0.1, 0.15) is 6.73 Å². The van der Waals surface area contributed by atoms with Gasteiger partial charge in [0.15, 0.2) is 13.6 Å². The first-order valence-corrected chi connectivity index (χ1v) is 11.6. The lowest BCUT2D eigenvalue weighted by Gasteiger charge is -2.24. The molecular formula is C18H27N3O3Si. The maximum absolute atomic E-state index is 12.5. The zero-order valence-electron chi connectivity index (χ0n) is 15.0. The summed E-state index contributed by atoms with van der Waals surface area (Å²) >= 11 is 0. The fourth-order valence-corrected chi connectivity index (χ4v) is 3.24. The summed E-state index contributed by atoms with van der Waals surface area (Å²) < 4.78 is 5.65. The van der Waals surface area contributed by atoms with Crippen LogP contribution in [0.4, 0.5) is 4.79 Å². The summed E-state index contributed by atoms with van der Waals surface area (Å²) in [5.41, 5.74) is 6.17. The van der Waals surface area contributed by atoms with Crippen molar-refractivity contribution >= 4 is 19.5 Å². The number of nitriles is 1. The van der Waals surface area contributed by atoms with Crippen molar-refractivity contribution < 1.29 is 14.3 Å². The minimum atomic E-state index is -2.21. The van der Waals surface area contributed by atoms with Gasteiger partial charge in [-0.15, -0.1) is 0 Å². The summed E-state index contributed by atoms with van der Waals surface area (Å²) in [6.45, 7) is 4.81. The Morgan fingerprint density at radius 1 is 1.28 bits per heavy atom. The van der Waals surface area contributed by atoms with E-state index in [1.807, 2.05) is 43.4 Å². The highest BCUT2D eigenvalue weighted by Gasteiger charge is 2.29. The van der Waals surface area contributed by atoms with E-state index >= 15 is 0 Å². The Bertz CT molecular complexity index is 599. The molecule has 1 aromatic carbocycles. The van der Waals surface area contributed by atoms with Crippen molar-refractivity contribution in [2.45, 2.75) is 45.0 Å². The third-order valence-corrected chi connectivity index (χ3v) is 6.89. The van der Waals surface area contributed by atoms with Gasteiger partial charge < -0.3 is 15.4 Å². The number of carbonyl (C=O) groups excluding carboxylic acids is 2. The zero-order valence-corrected chi connectivity index (χ0v) is 16.0. The van der Waals surface area contributed by atoms with Gasteiger partial charge in [-0.05, 0) is 18.0 Å². The fraction of sp³-hybridized carbons (Fsp3) is 0.500. The third-order valence-electron chi connectivity index (χ3n) is 4.06. The van der Waals surface area contributed by atoms with Crippen LogP contribution in [0.3, 0.4) is 0 Å². The molecule has 0 aliphatic rings. The van der Waals surface area contributed by atoms with E-state index in [2.05, 4.69) is 6.07 Å². The Kier molecular flexibility index (Phi) is 8.88. The van der Waals surface area contributed by atoms with Gasteiger partial charge in [0.25, 0.3) is 0 Å². The molecular weight excluding hydrogens is 334 g/mol. The Morgan fingerprint density at radius 3 is 2.56 bits per heavy atom. The molecule has 0 saturated carbocycles. The second-order valence-electron chi connectivity index (χ2n) is 6.63. The van der Waals surface area contributed by atoms with Gasteiger partial charge in [0.05, 0.1) is 12.7 Å². The zero-order chi connectivity index (χ0) is 18.7. The van der Waals surface area contributed by atoms with Crippen molar-refractivity contribution in [2.24, 2.45) is 5.73 Å². The van der Waals surface area contributed by atoms with E-state index in [-0.39, 0.29) is 24.6 Å². The molecule has 136 valence electrons. The highest BCUT2D eigenvalue weighted by Crippen LogP contribution is 2.14. The monoisotopic (exact) mass is 361 g/mol. The molecule has 0 unspecified atom stereocenters. The van der Waals surface area contributed by atoms with Crippen LogP contribution in [0, 0.1) is 11.3 Å². The number of unbranched alkanes of at least 4 members (excludes halogenated alkanes) is 1. The molecule has 2 amide bonds. The van der Waals surface area contributed by atoms with Gasteiger partial charge in [-0.2, -0.15) is 5.26 Å². The molecule has 0 aromatic heterocycles. The maximum Gasteiger partial charge on any atom is 0.224 e. The van der Waals surface area contributed by atoms with Crippen molar-refractivity contribution in [3.05, 3.63) is 35.9 Å². The average molecular weight is 362 g/mol. The van der Waals surface area contributed by atoms with E-state index in [0.717, 1.165) is 5.56 Å². The predicted octanol–water partition coefficient (Wildman–Crippen LogP) is 3.05. The molecule has 25 heavy (non-hydrogen) atoms. The molecule has 6 nitrogen and oxygen atoms in total. The van der Waals surface area contributed by atoms with Crippen LogP contribution in [0.2, 0.25) is 19.1 Å². The van der Waals surface area contributed by atoms with E-state index in [0.29, 0.717) is 32.0 Å². The molecule has 0 saturated heterocycles. The number of amides is 2. The van der Waals surface area contributed by atoms with E-state index in [4.69, 9.17) is 15.7 Å². The van der Waals surface area contributed by atoms with Crippen LogP contribution in [0.1, 0.15) is 24.8 Å². The van der Waals surface area contributed by atoms with E-state index < -0.39 is 8.07 Å². The first-order valence-electron chi connectivity index (χ1n) is 8.43. The SMILES string of the molecule is C[Si](C)(CCC(=O)N(CCCC#N)COCc1ccccc1)C(N)=O. The molecule has 0 aliphatic heterocycles. The van der Waals surface area contributed by atoms with Crippen molar-refractivity contribution in [3.8, 4) is 6.07 Å². The highest BCUT2D eigenvalue weighted by atomic mass is 28.3. The average Bonchev–Trinajstić information content (AvgIpc) is 2.59. The summed E-state index contributed by atoms with van der Waals surface area (Å²) in [7, 11) is -2.21. The van der Waals surface area contributed by atoms with Gasteiger partial charge >= 0.3 is 0 Å². The minimum Gasteiger partial charge on any atom is -0.374 e. The number of ether oxygens (including phenoxy) is 1. The second kappa shape index (κ2) is 10.6. The Labute approximate surface area is 150 Å². The number of hydrogen-bond acceptors (Lipinski definition) is 4. The standard InChI is InChI=1S/C18H27N3O3Si/c1-25(2,18(20)23)13-10-17(22)21(12-7-6-11-19)15-24-14-16-8-4-3-5-9-16/h3-5,8-9H,6-7,10,12-15H2,1-2H3,(H2,20,23). The Balaban J connectivity index is 2.54. The van der Waals surface area contributed by atoms with Crippen molar-refractivity contribution in [3.63, 3.8) is 0 Å². The first-order chi connectivity index (χ1) is 11.9. The van der Waals surface area contributed by atoms with Crippen LogP contribution in [0.25, 0.3) is 0 Å². The van der Waals surface area contributed by atoms with E-state index in [1.165, 1.54) is 0 Å². The molecule has 7 heteroatoms. The van der Waals surface area contributed by atoms with E-state index in [1.54, 1.807) is 4.90 Å². The number of primary amides is 1. The summed E-state index contributed by atoms with van der Waals surface area (Å²) in [6.07, 6.45) is 1.28. The van der Waals surface area contributed by atoms with Gasteiger partial charge in [-0.25, -0.2) is 0 Å². The molecule has 0 aliphatic carbocycles. The molecule has 0 atom stereocenters. The molecule has 0 radical (unpaired) electrons. The third kappa shape index (κ3) is 7.96. The lowest BCUT2D eigenvalue weighted by molar-refractivity contribution is -0.137. The topological polar surface area (TPSA) is 96.4 Å². The lowest BCUT2D eigenvalue weighted by Crippen LogP contribution is -2.43. The van der Waals surface area contributed by atoms with Crippen LogP contribution >= 0.6 is 0 Å². The number of rotatable bonds is 11. The van der Waals surface area contributed by atoms with Gasteiger partial charge in [0.2, 0.25) is 5.91 Å². The van der Waals surface area contributed by atoms with Gasteiger partial charge in [0, 0.05) is 19.4 Å². The normalized spacial score (nSPS) is 10.9. The van der Waals surface area contributed by atoms with Crippen LogP contribution in [0.15, 0.2) is 30.3 Å². The van der Waals surface area contributed by atoms with Crippen LogP contribution in [-0.4, -0.2) is 37.7 Å². The van der Waals surface area contributed by atoms with Crippen molar-refractivity contribution in [1.82, 2.24) is 4.90 Å². The maximum atomic E-state index is 12.5. The van der Waals surface area contributed by atoms with Gasteiger partial charge in [-0.3, -0.25) is 9.59 Å². The molecule has 2 N–H and O–H groups in total. The molecule has 0 fully saturated rings. The van der Waals surface area contributed by atoms with Crippen LogP contribution in [-0.2, 0) is 16.1 Å². The van der Waals surface area contributed by atoms with Crippen molar-refractivity contribution in [1.29, 1.82) is 5.26 Å². The summed E-state index contributed by atoms with van der Waals surface area (Å²) in [5, 5.41) is 8.68. The van der Waals surface area contributed by atoms with Crippen molar-refractivity contribution in [2.75, 3.05) is 13.3 Å². The van der Waals surface area contributed by atoms with Gasteiger partial charge in [-0.1, -0.05) is 43.4 Å². The smallest absolute Gasteiger partial charge is 0.224 e.